The highest BCUT2D eigenvalue weighted by Crippen LogP contribution is 2.09. The van der Waals surface area contributed by atoms with Gasteiger partial charge < -0.3 is 9.47 Å². The fraction of sp³-hybridized carbons (Fsp3) is 1.00. The first-order valence-corrected chi connectivity index (χ1v) is 3.74. The second-order valence-electron chi connectivity index (χ2n) is 2.70. The van der Waals surface area contributed by atoms with Gasteiger partial charge in [-0.25, -0.2) is 0 Å². The molecular weight excluding hydrogens is 128 g/mol. The Labute approximate surface area is 63.5 Å². The van der Waals surface area contributed by atoms with E-state index in [9.17, 15) is 0 Å². The van der Waals surface area contributed by atoms with E-state index in [1.54, 1.807) is 14.2 Å². The minimum absolute atomic E-state index is 0.343. The molecule has 0 aliphatic rings. The van der Waals surface area contributed by atoms with Crippen LogP contribution in [0, 0.1) is 5.92 Å². The molecule has 2 unspecified atom stereocenters. The normalized spacial score (nSPS) is 16.8. The van der Waals surface area contributed by atoms with Crippen LogP contribution >= 0.6 is 0 Å². The molecule has 0 aliphatic carbocycles. The topological polar surface area (TPSA) is 18.5 Å². The summed E-state index contributed by atoms with van der Waals surface area (Å²) in [7, 11) is 3.47. The summed E-state index contributed by atoms with van der Waals surface area (Å²) in [5, 5.41) is 0. The van der Waals surface area contributed by atoms with Gasteiger partial charge in [-0.1, -0.05) is 6.92 Å². The Morgan fingerprint density at radius 3 is 2.20 bits per heavy atom. The number of hydrogen-bond acceptors (Lipinski definition) is 2. The lowest BCUT2D eigenvalue weighted by molar-refractivity contribution is 0.0572. The third-order valence-corrected chi connectivity index (χ3v) is 1.95. The van der Waals surface area contributed by atoms with Crippen LogP contribution in [0.3, 0.4) is 0 Å². The molecule has 0 saturated heterocycles. The van der Waals surface area contributed by atoms with Crippen molar-refractivity contribution in [2.45, 2.75) is 26.4 Å². The summed E-state index contributed by atoms with van der Waals surface area (Å²) in [4.78, 5) is 0. The molecule has 0 aromatic rings. The summed E-state index contributed by atoms with van der Waals surface area (Å²) < 4.78 is 10.1. The number of ether oxygens (including phenoxy) is 2. The lowest BCUT2D eigenvalue weighted by Gasteiger charge is -2.17. The Bertz CT molecular complexity index is 73.7. The van der Waals surface area contributed by atoms with Crippen molar-refractivity contribution in [1.82, 2.24) is 0 Å². The molecule has 0 aliphatic heterocycles. The zero-order valence-corrected chi connectivity index (χ0v) is 7.39. The minimum Gasteiger partial charge on any atom is -0.385 e. The summed E-state index contributed by atoms with van der Waals surface area (Å²) in [6.45, 7) is 5.09. The van der Waals surface area contributed by atoms with E-state index in [-0.39, 0.29) is 0 Å². The molecule has 0 bridgehead atoms. The van der Waals surface area contributed by atoms with Gasteiger partial charge >= 0.3 is 0 Å². The highest BCUT2D eigenvalue weighted by atomic mass is 16.5. The predicted octanol–water partition coefficient (Wildman–Crippen LogP) is 1.69. The quantitative estimate of drug-likeness (QED) is 0.587. The number of methoxy groups -OCH3 is 2. The maximum Gasteiger partial charge on any atom is 0.0569 e. The molecule has 0 fully saturated rings. The van der Waals surface area contributed by atoms with Gasteiger partial charge in [0.2, 0.25) is 0 Å². The van der Waals surface area contributed by atoms with Gasteiger partial charge in [-0.15, -0.1) is 0 Å². The lowest BCUT2D eigenvalue weighted by Crippen LogP contribution is -2.17. The summed E-state index contributed by atoms with van der Waals surface area (Å²) >= 11 is 0. The van der Waals surface area contributed by atoms with Crippen molar-refractivity contribution in [1.29, 1.82) is 0 Å². The molecule has 0 rings (SSSR count). The van der Waals surface area contributed by atoms with Gasteiger partial charge in [-0.2, -0.15) is 0 Å². The van der Waals surface area contributed by atoms with E-state index >= 15 is 0 Å². The first-order valence-electron chi connectivity index (χ1n) is 3.74. The minimum atomic E-state index is 0.343. The molecule has 62 valence electrons. The molecule has 10 heavy (non-hydrogen) atoms. The molecule has 0 heterocycles. The summed E-state index contributed by atoms with van der Waals surface area (Å²) in [5.41, 5.74) is 0. The fourth-order valence-corrected chi connectivity index (χ4v) is 0.771. The zero-order valence-electron chi connectivity index (χ0n) is 7.39. The molecule has 2 nitrogen and oxygen atoms in total. The van der Waals surface area contributed by atoms with E-state index in [4.69, 9.17) is 9.47 Å². The average molecular weight is 146 g/mol. The molecule has 2 heteroatoms. The first kappa shape index (κ1) is 9.92. The van der Waals surface area contributed by atoms with Crippen LogP contribution in [-0.4, -0.2) is 26.9 Å². The Kier molecular flexibility index (Phi) is 5.64. The molecular formula is C8H18O2. The fourth-order valence-electron chi connectivity index (χ4n) is 0.771. The SMILES string of the molecule is COCCC(C)C(C)OC. The zero-order chi connectivity index (χ0) is 7.98. The van der Waals surface area contributed by atoms with Gasteiger partial charge in [0.05, 0.1) is 6.10 Å². The maximum absolute atomic E-state index is 5.15. The van der Waals surface area contributed by atoms with Crippen molar-refractivity contribution in [2.24, 2.45) is 5.92 Å². The van der Waals surface area contributed by atoms with Crippen LogP contribution in [0.25, 0.3) is 0 Å². The van der Waals surface area contributed by atoms with Gasteiger partial charge in [-0.3, -0.25) is 0 Å². The third kappa shape index (κ3) is 3.85. The van der Waals surface area contributed by atoms with Crippen LogP contribution in [0.15, 0.2) is 0 Å². The molecule has 0 saturated carbocycles. The Morgan fingerprint density at radius 1 is 1.20 bits per heavy atom. The smallest absolute Gasteiger partial charge is 0.0569 e. The van der Waals surface area contributed by atoms with Gasteiger partial charge in [0.1, 0.15) is 0 Å². The van der Waals surface area contributed by atoms with Crippen molar-refractivity contribution in [3.63, 3.8) is 0 Å². The molecule has 0 N–H and O–H groups in total. The summed E-state index contributed by atoms with van der Waals surface area (Å²) in [6.07, 6.45) is 1.42. The van der Waals surface area contributed by atoms with Crippen molar-refractivity contribution in [2.75, 3.05) is 20.8 Å². The van der Waals surface area contributed by atoms with Crippen molar-refractivity contribution in [3.8, 4) is 0 Å². The van der Waals surface area contributed by atoms with Crippen LogP contribution in [0.4, 0.5) is 0 Å². The van der Waals surface area contributed by atoms with E-state index in [0.29, 0.717) is 12.0 Å². The monoisotopic (exact) mass is 146 g/mol. The van der Waals surface area contributed by atoms with Gasteiger partial charge in [0.25, 0.3) is 0 Å². The van der Waals surface area contributed by atoms with E-state index in [1.165, 1.54) is 0 Å². The van der Waals surface area contributed by atoms with E-state index in [0.717, 1.165) is 13.0 Å². The van der Waals surface area contributed by atoms with Crippen LogP contribution < -0.4 is 0 Å². The predicted molar refractivity (Wildman–Crippen MR) is 42.1 cm³/mol. The highest BCUT2D eigenvalue weighted by molar-refractivity contribution is 4.59. The first-order chi connectivity index (χ1) is 4.72. The average Bonchev–Trinajstić information content (AvgIpc) is 1.98. The molecule has 0 aromatic carbocycles. The summed E-state index contributed by atoms with van der Waals surface area (Å²) in [6, 6.07) is 0. The highest BCUT2D eigenvalue weighted by Gasteiger charge is 2.09. The van der Waals surface area contributed by atoms with Crippen LogP contribution in [0.5, 0.6) is 0 Å². The van der Waals surface area contributed by atoms with E-state index in [1.807, 2.05) is 0 Å². The second kappa shape index (κ2) is 5.69. The Morgan fingerprint density at radius 2 is 1.80 bits per heavy atom. The maximum atomic E-state index is 5.15. The largest absolute Gasteiger partial charge is 0.385 e. The Hall–Kier alpha value is -0.0800. The molecule has 0 spiro atoms. The lowest BCUT2D eigenvalue weighted by atomic mass is 10.0. The summed E-state index contributed by atoms with van der Waals surface area (Å²) in [5.74, 6) is 0.588. The number of hydrogen-bond donors (Lipinski definition) is 0. The van der Waals surface area contributed by atoms with Gasteiger partial charge in [-0.05, 0) is 19.3 Å². The van der Waals surface area contributed by atoms with Crippen LogP contribution in [-0.2, 0) is 9.47 Å². The Balaban J connectivity index is 3.31. The van der Waals surface area contributed by atoms with E-state index in [2.05, 4.69) is 13.8 Å². The molecule has 0 amide bonds. The standard InChI is InChI=1S/C8H18O2/c1-7(5-6-9-3)8(2)10-4/h7-8H,5-6H2,1-4H3. The molecule has 0 aromatic heterocycles. The van der Waals surface area contributed by atoms with Crippen LogP contribution in [0.2, 0.25) is 0 Å². The third-order valence-electron chi connectivity index (χ3n) is 1.95. The van der Waals surface area contributed by atoms with Crippen molar-refractivity contribution in [3.05, 3.63) is 0 Å². The molecule has 2 atom stereocenters. The van der Waals surface area contributed by atoms with E-state index < -0.39 is 0 Å². The van der Waals surface area contributed by atoms with Crippen LogP contribution in [0.1, 0.15) is 20.3 Å². The second-order valence-corrected chi connectivity index (χ2v) is 2.70. The van der Waals surface area contributed by atoms with Crippen molar-refractivity contribution < 1.29 is 9.47 Å². The number of rotatable bonds is 5. The van der Waals surface area contributed by atoms with Gasteiger partial charge in [0.15, 0.2) is 0 Å². The van der Waals surface area contributed by atoms with Gasteiger partial charge in [0, 0.05) is 20.8 Å². The van der Waals surface area contributed by atoms with Crippen molar-refractivity contribution >= 4 is 0 Å². The molecule has 0 radical (unpaired) electrons.